The van der Waals surface area contributed by atoms with Gasteiger partial charge in [0.25, 0.3) is 0 Å². The number of aryl methyl sites for hydroxylation is 3. The molecule has 0 aliphatic rings. The zero-order valence-corrected chi connectivity index (χ0v) is 18.1. The number of nitrogens with one attached hydrogen (secondary N) is 1. The van der Waals surface area contributed by atoms with Crippen molar-refractivity contribution >= 4 is 57.2 Å². The lowest BCUT2D eigenvalue weighted by molar-refractivity contribution is -0.113. The second-order valence-corrected chi connectivity index (χ2v) is 9.78. The topological polar surface area (TPSA) is 67.8 Å². The number of carbonyl (C=O) groups excluding carboxylic acids is 1. The first kappa shape index (κ1) is 19.3. The van der Waals surface area contributed by atoms with Crippen molar-refractivity contribution in [2.45, 2.75) is 29.5 Å². The third-order valence-corrected chi connectivity index (χ3v) is 7.55. The van der Waals surface area contributed by atoms with Gasteiger partial charge in [0.2, 0.25) is 5.91 Å². The van der Waals surface area contributed by atoms with Crippen LogP contribution in [-0.4, -0.2) is 33.1 Å². The van der Waals surface area contributed by atoms with Crippen LogP contribution in [0.1, 0.15) is 16.7 Å². The Hall–Kier alpha value is -1.42. The largest absolute Gasteiger partial charge is 0.301 e. The van der Waals surface area contributed by atoms with Crippen molar-refractivity contribution in [2.75, 3.05) is 17.3 Å². The van der Waals surface area contributed by atoms with Crippen molar-refractivity contribution in [3.05, 3.63) is 34.2 Å². The molecule has 0 bridgehead atoms. The molecule has 1 amide bonds. The van der Waals surface area contributed by atoms with Crippen LogP contribution in [0.25, 0.3) is 11.3 Å². The van der Waals surface area contributed by atoms with Gasteiger partial charge < -0.3 is 5.32 Å². The van der Waals surface area contributed by atoms with Gasteiger partial charge in [0.05, 0.1) is 11.4 Å². The molecule has 3 aromatic rings. The van der Waals surface area contributed by atoms with E-state index in [0.717, 1.165) is 19.9 Å². The lowest BCUT2D eigenvalue weighted by Gasteiger charge is -2.07. The first-order valence-electron chi connectivity index (χ1n) is 7.80. The smallest absolute Gasteiger partial charge is 0.236 e. The van der Waals surface area contributed by atoms with Gasteiger partial charge in [-0.15, -0.1) is 21.5 Å². The molecule has 0 saturated carbocycles. The number of amides is 1. The van der Waals surface area contributed by atoms with Crippen LogP contribution in [0.3, 0.4) is 0 Å². The molecule has 3 rings (SSSR count). The molecule has 1 N–H and O–H groups in total. The summed E-state index contributed by atoms with van der Waals surface area (Å²) in [6, 6.07) is 4.32. The Morgan fingerprint density at radius 3 is 2.58 bits per heavy atom. The normalized spacial score (nSPS) is 10.9. The maximum atomic E-state index is 12.2. The van der Waals surface area contributed by atoms with E-state index in [9.17, 15) is 4.79 Å². The fraction of sp³-hybridized carbons (Fsp3) is 0.294. The summed E-state index contributed by atoms with van der Waals surface area (Å²) in [5.41, 5.74) is 5.70. The van der Waals surface area contributed by atoms with Crippen LogP contribution < -0.4 is 5.32 Å². The predicted molar refractivity (Wildman–Crippen MR) is 113 cm³/mol. The predicted octanol–water partition coefficient (Wildman–Crippen LogP) is 5.04. The van der Waals surface area contributed by atoms with Crippen molar-refractivity contribution in [1.82, 2.24) is 15.2 Å². The summed E-state index contributed by atoms with van der Waals surface area (Å²) >= 11 is 5.88. The van der Waals surface area contributed by atoms with Gasteiger partial charge in [0.1, 0.15) is 0 Å². The quantitative estimate of drug-likeness (QED) is 0.561. The van der Waals surface area contributed by atoms with E-state index in [4.69, 9.17) is 0 Å². The summed E-state index contributed by atoms with van der Waals surface area (Å²) < 4.78 is 1.70. The molecule has 0 fully saturated rings. The number of thiazole rings is 1. The SMILES string of the molecule is CSc1nnc(SCC(=O)Nc2nc(-c3cc(C)c(C)cc3C)cs2)s1. The summed E-state index contributed by atoms with van der Waals surface area (Å²) in [5, 5.41) is 13.5. The average molecular weight is 423 g/mol. The van der Waals surface area contributed by atoms with Crippen LogP contribution in [-0.2, 0) is 4.79 Å². The summed E-state index contributed by atoms with van der Waals surface area (Å²) in [6.07, 6.45) is 1.96. The van der Waals surface area contributed by atoms with E-state index in [1.165, 1.54) is 51.1 Å². The number of benzene rings is 1. The zero-order chi connectivity index (χ0) is 18.7. The van der Waals surface area contributed by atoms with Gasteiger partial charge in [-0.25, -0.2) is 4.98 Å². The highest BCUT2D eigenvalue weighted by atomic mass is 32.2. The number of aromatic nitrogens is 3. The number of carbonyl (C=O) groups is 1. The minimum atomic E-state index is -0.0892. The van der Waals surface area contributed by atoms with E-state index in [1.54, 1.807) is 11.8 Å². The van der Waals surface area contributed by atoms with E-state index < -0.39 is 0 Å². The molecule has 0 radical (unpaired) electrons. The van der Waals surface area contributed by atoms with E-state index in [0.29, 0.717) is 10.9 Å². The van der Waals surface area contributed by atoms with Crippen molar-refractivity contribution in [3.8, 4) is 11.3 Å². The number of thioether (sulfide) groups is 2. The van der Waals surface area contributed by atoms with Gasteiger partial charge in [0.15, 0.2) is 13.8 Å². The highest BCUT2D eigenvalue weighted by Crippen LogP contribution is 2.30. The number of hydrogen-bond acceptors (Lipinski definition) is 8. The Balaban J connectivity index is 1.63. The number of nitrogens with zero attached hydrogens (tertiary/aromatic N) is 3. The first-order chi connectivity index (χ1) is 12.5. The summed E-state index contributed by atoms with van der Waals surface area (Å²) in [7, 11) is 0. The maximum Gasteiger partial charge on any atom is 0.236 e. The van der Waals surface area contributed by atoms with Crippen molar-refractivity contribution < 1.29 is 4.79 Å². The molecule has 5 nitrogen and oxygen atoms in total. The average Bonchev–Trinajstić information content (AvgIpc) is 3.25. The molecule has 0 saturated heterocycles. The minimum Gasteiger partial charge on any atom is -0.301 e. The van der Waals surface area contributed by atoms with Crippen LogP contribution in [0, 0.1) is 20.8 Å². The van der Waals surface area contributed by atoms with Crippen LogP contribution >= 0.6 is 46.2 Å². The molecule has 1 aromatic carbocycles. The van der Waals surface area contributed by atoms with Crippen LogP contribution in [0.4, 0.5) is 5.13 Å². The molecule has 9 heteroatoms. The number of anilines is 1. The van der Waals surface area contributed by atoms with E-state index in [1.807, 2.05) is 11.6 Å². The third kappa shape index (κ3) is 4.64. The Morgan fingerprint density at radius 1 is 1.12 bits per heavy atom. The highest BCUT2D eigenvalue weighted by Gasteiger charge is 2.12. The molecule has 0 aliphatic heterocycles. The first-order valence-corrected chi connectivity index (χ1v) is 11.7. The molecule has 2 aromatic heterocycles. The fourth-order valence-electron chi connectivity index (χ4n) is 2.31. The summed E-state index contributed by atoms with van der Waals surface area (Å²) in [6.45, 7) is 6.29. The lowest BCUT2D eigenvalue weighted by atomic mass is 9.99. The second kappa shape index (κ2) is 8.51. The minimum absolute atomic E-state index is 0.0892. The third-order valence-electron chi connectivity index (χ3n) is 3.76. The van der Waals surface area contributed by atoms with Gasteiger partial charge in [-0.1, -0.05) is 40.9 Å². The Labute approximate surface area is 169 Å². The van der Waals surface area contributed by atoms with Gasteiger partial charge in [0, 0.05) is 10.9 Å². The van der Waals surface area contributed by atoms with Crippen molar-refractivity contribution in [1.29, 1.82) is 0 Å². The molecule has 2 heterocycles. The zero-order valence-electron chi connectivity index (χ0n) is 14.8. The van der Waals surface area contributed by atoms with Crippen LogP contribution in [0.15, 0.2) is 26.2 Å². The number of rotatable bonds is 6. The van der Waals surface area contributed by atoms with Gasteiger partial charge in [-0.3, -0.25) is 4.79 Å². The molecule has 0 spiro atoms. The molecule has 26 heavy (non-hydrogen) atoms. The summed E-state index contributed by atoms with van der Waals surface area (Å²) in [5.74, 6) is 0.203. The lowest BCUT2D eigenvalue weighted by Crippen LogP contribution is -2.13. The van der Waals surface area contributed by atoms with E-state index in [-0.39, 0.29) is 5.91 Å². The molecular weight excluding hydrogens is 404 g/mol. The number of hydrogen-bond donors (Lipinski definition) is 1. The molecule has 0 unspecified atom stereocenters. The molecule has 0 atom stereocenters. The summed E-state index contributed by atoms with van der Waals surface area (Å²) in [4.78, 5) is 16.7. The highest BCUT2D eigenvalue weighted by molar-refractivity contribution is 8.03. The van der Waals surface area contributed by atoms with Crippen molar-refractivity contribution in [2.24, 2.45) is 0 Å². The Kier molecular flexibility index (Phi) is 6.33. The second-order valence-electron chi connectivity index (χ2n) is 5.66. The molecular formula is C17H18N4OS4. The van der Waals surface area contributed by atoms with E-state index >= 15 is 0 Å². The van der Waals surface area contributed by atoms with Gasteiger partial charge in [-0.2, -0.15) is 0 Å². The van der Waals surface area contributed by atoms with Crippen LogP contribution in [0.2, 0.25) is 0 Å². The van der Waals surface area contributed by atoms with Crippen molar-refractivity contribution in [3.63, 3.8) is 0 Å². The molecule has 0 aliphatic carbocycles. The maximum absolute atomic E-state index is 12.2. The van der Waals surface area contributed by atoms with Gasteiger partial charge in [-0.05, 0) is 49.8 Å². The Bertz CT molecular complexity index is 935. The molecule has 136 valence electrons. The standard InChI is InChI=1S/C17H18N4OS4/c1-9-5-11(3)12(6-10(9)2)13-7-24-15(18-13)19-14(22)8-25-17-21-20-16(23-4)26-17/h5-7H,8H2,1-4H3,(H,18,19,22). The van der Waals surface area contributed by atoms with Gasteiger partial charge >= 0.3 is 0 Å². The monoisotopic (exact) mass is 422 g/mol. The Morgan fingerprint density at radius 2 is 1.85 bits per heavy atom. The van der Waals surface area contributed by atoms with Crippen LogP contribution in [0.5, 0.6) is 0 Å². The van der Waals surface area contributed by atoms with E-state index in [2.05, 4.69) is 53.4 Å². The fourth-order valence-corrected chi connectivity index (χ4v) is 5.28.